The Labute approximate surface area is 178 Å². The molecule has 2 saturated heterocycles. The molecule has 2 bridgehead atoms. The normalized spacial score (nSPS) is 26.6. The molecule has 0 saturated carbocycles. The van der Waals surface area contributed by atoms with Crippen LogP contribution in [0, 0.1) is 11.8 Å². The molecule has 1 unspecified atom stereocenters. The highest BCUT2D eigenvalue weighted by atomic mass is 32.2. The molecule has 28 heavy (non-hydrogen) atoms. The lowest BCUT2D eigenvalue weighted by Crippen LogP contribution is -2.28. The van der Waals surface area contributed by atoms with Crippen LogP contribution in [0.2, 0.25) is 0 Å². The molecule has 4 heteroatoms. The average molecular weight is 417 g/mol. The molecule has 0 spiro atoms. The topological polar surface area (TPSA) is 37.3 Å². The highest BCUT2D eigenvalue weighted by Crippen LogP contribution is 2.55. The lowest BCUT2D eigenvalue weighted by molar-refractivity contribution is -0.137. The quantitative estimate of drug-likeness (QED) is 0.324. The van der Waals surface area contributed by atoms with Gasteiger partial charge in [0.1, 0.15) is 0 Å². The Bertz CT molecular complexity index is 656. The van der Waals surface area contributed by atoms with Crippen LogP contribution in [0.5, 0.6) is 0 Å². The number of allylic oxidation sites excluding steroid dienone is 3. The molecule has 0 aliphatic carbocycles. The zero-order valence-electron chi connectivity index (χ0n) is 16.5. The van der Waals surface area contributed by atoms with Crippen molar-refractivity contribution in [1.82, 2.24) is 0 Å². The summed E-state index contributed by atoms with van der Waals surface area (Å²) in [4.78, 5) is 10.6. The van der Waals surface area contributed by atoms with Gasteiger partial charge >= 0.3 is 5.97 Å². The second-order valence-electron chi connectivity index (χ2n) is 7.81. The number of carboxylic acid groups (broad SMARTS) is 1. The molecule has 1 aromatic rings. The van der Waals surface area contributed by atoms with E-state index in [2.05, 4.69) is 78.2 Å². The fraction of sp³-hybridized carbons (Fsp3) is 0.542. The first-order valence-corrected chi connectivity index (χ1v) is 12.6. The third kappa shape index (κ3) is 6.73. The van der Waals surface area contributed by atoms with E-state index in [1.54, 1.807) is 0 Å². The van der Waals surface area contributed by atoms with Crippen molar-refractivity contribution in [2.24, 2.45) is 11.8 Å². The van der Waals surface area contributed by atoms with Gasteiger partial charge in [0.2, 0.25) is 0 Å². The molecular weight excluding hydrogens is 384 g/mol. The zero-order chi connectivity index (χ0) is 19.6. The van der Waals surface area contributed by atoms with Crippen molar-refractivity contribution in [3.63, 3.8) is 0 Å². The molecule has 1 N–H and O–H groups in total. The van der Waals surface area contributed by atoms with Crippen LogP contribution in [0.3, 0.4) is 0 Å². The number of unbranched alkanes of at least 4 members (excludes halogenated alkanes) is 1. The molecule has 152 valence electrons. The second-order valence-corrected chi connectivity index (χ2v) is 10.4. The Morgan fingerprint density at radius 1 is 1.07 bits per heavy atom. The van der Waals surface area contributed by atoms with Crippen LogP contribution in [0.15, 0.2) is 54.6 Å². The van der Waals surface area contributed by atoms with E-state index < -0.39 is 5.97 Å². The van der Waals surface area contributed by atoms with Crippen LogP contribution in [-0.2, 0) is 11.2 Å². The number of thioether (sulfide) groups is 2. The number of carboxylic acids is 1. The zero-order valence-corrected chi connectivity index (χ0v) is 18.2. The summed E-state index contributed by atoms with van der Waals surface area (Å²) >= 11 is 4.33. The summed E-state index contributed by atoms with van der Waals surface area (Å²) in [5.41, 5.74) is 1.38. The van der Waals surface area contributed by atoms with Crippen molar-refractivity contribution in [2.45, 2.75) is 55.4 Å². The van der Waals surface area contributed by atoms with E-state index in [1.165, 1.54) is 30.6 Å². The maximum Gasteiger partial charge on any atom is 0.303 e. The first kappa shape index (κ1) is 21.6. The number of hydrogen-bond donors (Lipinski definition) is 1. The van der Waals surface area contributed by atoms with Gasteiger partial charge in [0.15, 0.2) is 0 Å². The summed E-state index contributed by atoms with van der Waals surface area (Å²) in [6, 6.07) is 10.6. The number of aliphatic carboxylic acids is 1. The van der Waals surface area contributed by atoms with E-state index in [0.29, 0.717) is 0 Å². The van der Waals surface area contributed by atoms with Gasteiger partial charge in [-0.05, 0) is 61.7 Å². The van der Waals surface area contributed by atoms with Gasteiger partial charge in [-0.1, -0.05) is 54.6 Å². The molecule has 2 fully saturated rings. The standard InChI is InChI=1S/C24H32O2S2/c25-24(26)14-7-2-1-6-13-20-21(23-16-15-22(20)28-23)18-27-17-9-8-12-19-10-4-3-5-11-19/h1,3-6,8-11,20-23H,2,7,12-18H2,(H,25,26)/b6-1-,9-8+/t20-,21+,22?,23+/m1/s1. The molecule has 2 heterocycles. The number of rotatable bonds is 12. The first-order chi connectivity index (χ1) is 13.7. The summed E-state index contributed by atoms with van der Waals surface area (Å²) in [6.45, 7) is 0. The predicted molar refractivity (Wildman–Crippen MR) is 123 cm³/mol. The molecule has 0 aromatic heterocycles. The first-order valence-electron chi connectivity index (χ1n) is 10.5. The van der Waals surface area contributed by atoms with Crippen LogP contribution in [0.1, 0.15) is 44.1 Å². The Hall–Kier alpha value is -1.13. The van der Waals surface area contributed by atoms with Gasteiger partial charge in [0.05, 0.1) is 0 Å². The van der Waals surface area contributed by atoms with Gasteiger partial charge in [-0.15, -0.1) is 0 Å². The van der Waals surface area contributed by atoms with E-state index in [1.807, 2.05) is 0 Å². The molecule has 2 nitrogen and oxygen atoms in total. The smallest absolute Gasteiger partial charge is 0.303 e. The Kier molecular flexibility index (Phi) is 9.07. The lowest BCUT2D eigenvalue weighted by Gasteiger charge is -2.28. The van der Waals surface area contributed by atoms with Crippen molar-refractivity contribution >= 4 is 29.5 Å². The molecular formula is C24H32O2S2. The van der Waals surface area contributed by atoms with Gasteiger partial charge in [0.25, 0.3) is 0 Å². The number of benzene rings is 1. The molecule has 1 aromatic carbocycles. The minimum Gasteiger partial charge on any atom is -0.481 e. The third-order valence-electron chi connectivity index (χ3n) is 5.81. The molecule has 2 aliphatic heterocycles. The summed E-state index contributed by atoms with van der Waals surface area (Å²) in [6.07, 6.45) is 16.1. The fourth-order valence-corrected chi connectivity index (χ4v) is 7.63. The van der Waals surface area contributed by atoms with E-state index in [-0.39, 0.29) is 6.42 Å². The van der Waals surface area contributed by atoms with Crippen molar-refractivity contribution in [3.05, 3.63) is 60.2 Å². The number of carbonyl (C=O) groups is 1. The fourth-order valence-electron chi connectivity index (χ4n) is 4.34. The lowest BCUT2D eigenvalue weighted by atomic mass is 9.78. The van der Waals surface area contributed by atoms with Gasteiger partial charge in [-0.2, -0.15) is 23.5 Å². The second kappa shape index (κ2) is 11.8. The molecule has 0 radical (unpaired) electrons. The minimum absolute atomic E-state index is 0.283. The summed E-state index contributed by atoms with van der Waals surface area (Å²) in [5.74, 6) is 3.37. The van der Waals surface area contributed by atoms with Crippen molar-refractivity contribution in [3.8, 4) is 0 Å². The highest BCUT2D eigenvalue weighted by Gasteiger charge is 2.47. The molecule has 0 amide bonds. The summed E-state index contributed by atoms with van der Waals surface area (Å²) in [7, 11) is 0. The van der Waals surface area contributed by atoms with Crippen LogP contribution in [-0.4, -0.2) is 33.1 Å². The Morgan fingerprint density at radius 2 is 1.86 bits per heavy atom. The van der Waals surface area contributed by atoms with Crippen molar-refractivity contribution in [1.29, 1.82) is 0 Å². The largest absolute Gasteiger partial charge is 0.481 e. The van der Waals surface area contributed by atoms with Crippen LogP contribution in [0.4, 0.5) is 0 Å². The van der Waals surface area contributed by atoms with Gasteiger partial charge < -0.3 is 5.11 Å². The maximum absolute atomic E-state index is 10.6. The van der Waals surface area contributed by atoms with Gasteiger partial charge in [-0.25, -0.2) is 0 Å². The van der Waals surface area contributed by atoms with Crippen LogP contribution >= 0.6 is 23.5 Å². The number of fused-ring (bicyclic) bond motifs is 2. The minimum atomic E-state index is -0.687. The van der Waals surface area contributed by atoms with Crippen molar-refractivity contribution in [2.75, 3.05) is 11.5 Å². The molecule has 2 aliphatic rings. The Balaban J connectivity index is 1.36. The van der Waals surface area contributed by atoms with E-state index in [4.69, 9.17) is 5.11 Å². The summed E-state index contributed by atoms with van der Waals surface area (Å²) < 4.78 is 0. The maximum atomic E-state index is 10.6. The molecule has 3 rings (SSSR count). The van der Waals surface area contributed by atoms with Crippen LogP contribution < -0.4 is 0 Å². The third-order valence-corrected chi connectivity index (χ3v) is 8.73. The van der Waals surface area contributed by atoms with E-state index >= 15 is 0 Å². The monoisotopic (exact) mass is 416 g/mol. The molecule has 4 atom stereocenters. The SMILES string of the molecule is O=C(O)CCC/C=C\C[C@H]1C2CC[C@H](S2)[C@H]1CSC/C=C/Cc1ccccc1. The highest BCUT2D eigenvalue weighted by molar-refractivity contribution is 8.01. The van der Waals surface area contributed by atoms with Gasteiger partial charge in [0, 0.05) is 22.7 Å². The predicted octanol–water partition coefficient (Wildman–Crippen LogP) is 6.23. The van der Waals surface area contributed by atoms with Gasteiger partial charge in [-0.3, -0.25) is 4.79 Å². The number of hydrogen-bond acceptors (Lipinski definition) is 3. The van der Waals surface area contributed by atoms with Crippen molar-refractivity contribution < 1.29 is 9.90 Å². The van der Waals surface area contributed by atoms with Crippen LogP contribution in [0.25, 0.3) is 0 Å². The van der Waals surface area contributed by atoms with E-state index in [9.17, 15) is 4.79 Å². The average Bonchev–Trinajstić information content (AvgIpc) is 3.30. The summed E-state index contributed by atoms with van der Waals surface area (Å²) in [5, 5.41) is 10.4. The Morgan fingerprint density at radius 3 is 2.64 bits per heavy atom. The van der Waals surface area contributed by atoms with E-state index in [0.717, 1.165) is 47.4 Å².